The Kier molecular flexibility index (Phi) is 5.17. The molecule has 0 radical (unpaired) electrons. The smallest absolute Gasteiger partial charge is 0.324 e. The van der Waals surface area contributed by atoms with Crippen molar-refractivity contribution in [1.29, 1.82) is 0 Å². The highest BCUT2D eigenvalue weighted by Gasteiger charge is 2.44. The van der Waals surface area contributed by atoms with Gasteiger partial charge in [-0.25, -0.2) is 0 Å². The molecule has 6 heteroatoms. The topological polar surface area (TPSA) is 42.0 Å². The number of carbonyl (C=O) groups excluding carboxylic acids is 1. The largest absolute Gasteiger partial charge is 0.390 e. The summed E-state index contributed by atoms with van der Waals surface area (Å²) in [6.07, 6.45) is -4.22. The number of halogens is 3. The van der Waals surface area contributed by atoms with Crippen molar-refractivity contribution >= 4 is 22.5 Å². The number of aromatic nitrogens is 1. The van der Waals surface area contributed by atoms with E-state index in [1.807, 2.05) is 24.3 Å². The Morgan fingerprint density at radius 1 is 1.04 bits per heavy atom. The molecule has 0 bridgehead atoms. The third-order valence-corrected chi connectivity index (χ3v) is 4.42. The second-order valence-corrected chi connectivity index (χ2v) is 6.89. The zero-order valence-corrected chi connectivity index (χ0v) is 14.8. The molecule has 1 aromatic heterocycles. The Labute approximate surface area is 155 Å². The molecule has 0 spiro atoms. The SMILES string of the molecule is CC(Cc1ccccc1)(CC(F)(F)F)C(=O)Nc1cnc2ccccc2c1. The lowest BCUT2D eigenvalue weighted by Crippen LogP contribution is -2.39. The van der Waals surface area contributed by atoms with Crippen molar-refractivity contribution < 1.29 is 18.0 Å². The molecule has 0 aliphatic carbocycles. The minimum Gasteiger partial charge on any atom is -0.324 e. The van der Waals surface area contributed by atoms with Gasteiger partial charge in [0.05, 0.1) is 29.2 Å². The first-order chi connectivity index (χ1) is 12.8. The fraction of sp³-hybridized carbons (Fsp3) is 0.238. The molecule has 3 nitrogen and oxygen atoms in total. The second kappa shape index (κ2) is 7.39. The van der Waals surface area contributed by atoms with Crippen LogP contribution in [0.3, 0.4) is 0 Å². The number of rotatable bonds is 5. The van der Waals surface area contributed by atoms with Crippen LogP contribution in [0.5, 0.6) is 0 Å². The number of hydrogen-bond donors (Lipinski definition) is 1. The van der Waals surface area contributed by atoms with Crippen LogP contribution < -0.4 is 5.32 Å². The second-order valence-electron chi connectivity index (χ2n) is 6.89. The average Bonchev–Trinajstić information content (AvgIpc) is 2.61. The highest BCUT2D eigenvalue weighted by atomic mass is 19.4. The molecule has 3 rings (SSSR count). The fourth-order valence-electron chi connectivity index (χ4n) is 3.13. The van der Waals surface area contributed by atoms with Crippen LogP contribution in [0.15, 0.2) is 66.9 Å². The summed E-state index contributed by atoms with van der Waals surface area (Å²) in [7, 11) is 0. The van der Waals surface area contributed by atoms with E-state index in [4.69, 9.17) is 0 Å². The molecule has 27 heavy (non-hydrogen) atoms. The van der Waals surface area contributed by atoms with Crippen molar-refractivity contribution in [3.05, 3.63) is 72.4 Å². The van der Waals surface area contributed by atoms with Crippen LogP contribution in [0, 0.1) is 5.41 Å². The molecule has 0 aliphatic rings. The molecule has 1 atom stereocenters. The van der Waals surface area contributed by atoms with Gasteiger partial charge in [0.25, 0.3) is 0 Å². The number of nitrogens with zero attached hydrogens (tertiary/aromatic N) is 1. The maximum atomic E-state index is 13.2. The van der Waals surface area contributed by atoms with Crippen LogP contribution in [-0.2, 0) is 11.2 Å². The molecule has 1 amide bonds. The summed E-state index contributed by atoms with van der Waals surface area (Å²) in [5.74, 6) is -0.680. The number of amides is 1. The molecule has 2 aromatic carbocycles. The molecule has 0 saturated heterocycles. The molecule has 3 aromatic rings. The molecule has 0 saturated carbocycles. The van der Waals surface area contributed by atoms with E-state index in [1.165, 1.54) is 13.1 Å². The zero-order valence-electron chi connectivity index (χ0n) is 14.8. The van der Waals surface area contributed by atoms with Gasteiger partial charge in [-0.15, -0.1) is 0 Å². The number of fused-ring (bicyclic) bond motifs is 1. The van der Waals surface area contributed by atoms with Crippen molar-refractivity contribution in [3.63, 3.8) is 0 Å². The normalized spacial score (nSPS) is 13.9. The number of para-hydroxylation sites is 1. The van der Waals surface area contributed by atoms with Crippen LogP contribution in [0.25, 0.3) is 10.9 Å². The van der Waals surface area contributed by atoms with Crippen molar-refractivity contribution in [2.24, 2.45) is 5.41 Å². The zero-order chi connectivity index (χ0) is 19.5. The van der Waals surface area contributed by atoms with Gasteiger partial charge in [0.15, 0.2) is 0 Å². The Morgan fingerprint density at radius 2 is 1.70 bits per heavy atom. The summed E-state index contributed by atoms with van der Waals surface area (Å²) in [5, 5.41) is 3.42. The van der Waals surface area contributed by atoms with E-state index in [9.17, 15) is 18.0 Å². The minimum absolute atomic E-state index is 0.0137. The summed E-state index contributed by atoms with van der Waals surface area (Å²) >= 11 is 0. The van der Waals surface area contributed by atoms with Crippen molar-refractivity contribution in [3.8, 4) is 0 Å². The van der Waals surface area contributed by atoms with Gasteiger partial charge in [-0.3, -0.25) is 9.78 Å². The number of benzene rings is 2. The summed E-state index contributed by atoms with van der Waals surface area (Å²) in [6.45, 7) is 1.34. The molecule has 0 aliphatic heterocycles. The highest BCUT2D eigenvalue weighted by Crippen LogP contribution is 2.37. The van der Waals surface area contributed by atoms with E-state index in [-0.39, 0.29) is 6.42 Å². The van der Waals surface area contributed by atoms with E-state index < -0.39 is 23.9 Å². The predicted molar refractivity (Wildman–Crippen MR) is 99.3 cm³/mol. The number of pyridine rings is 1. The van der Waals surface area contributed by atoms with Crippen LogP contribution in [0.1, 0.15) is 18.9 Å². The molecule has 1 N–H and O–H groups in total. The Hall–Kier alpha value is -2.89. The van der Waals surface area contributed by atoms with Gasteiger partial charge in [-0.1, -0.05) is 55.5 Å². The van der Waals surface area contributed by atoms with Crippen LogP contribution in [0.2, 0.25) is 0 Å². The van der Waals surface area contributed by atoms with Crippen molar-refractivity contribution in [1.82, 2.24) is 4.98 Å². The highest BCUT2D eigenvalue weighted by molar-refractivity contribution is 5.96. The summed E-state index contributed by atoms with van der Waals surface area (Å²) in [5.41, 5.74) is 0.166. The lowest BCUT2D eigenvalue weighted by atomic mass is 9.79. The molecule has 1 heterocycles. The number of anilines is 1. The van der Waals surface area contributed by atoms with E-state index >= 15 is 0 Å². The van der Waals surface area contributed by atoms with Gasteiger partial charge >= 0.3 is 6.18 Å². The predicted octanol–water partition coefficient (Wildman–Crippen LogP) is 5.37. The number of nitrogens with one attached hydrogen (secondary N) is 1. The van der Waals surface area contributed by atoms with Gasteiger partial charge in [0.1, 0.15) is 0 Å². The fourth-order valence-corrected chi connectivity index (χ4v) is 3.13. The third-order valence-electron chi connectivity index (χ3n) is 4.42. The molecule has 1 unspecified atom stereocenters. The van der Waals surface area contributed by atoms with E-state index in [1.54, 1.807) is 36.4 Å². The summed E-state index contributed by atoms with van der Waals surface area (Å²) < 4.78 is 39.5. The maximum Gasteiger partial charge on any atom is 0.390 e. The maximum absolute atomic E-state index is 13.2. The first kappa shape index (κ1) is 18.9. The van der Waals surface area contributed by atoms with Gasteiger partial charge in [0, 0.05) is 5.39 Å². The Balaban J connectivity index is 1.86. The van der Waals surface area contributed by atoms with Crippen molar-refractivity contribution in [2.45, 2.75) is 25.9 Å². The Morgan fingerprint density at radius 3 is 2.41 bits per heavy atom. The lowest BCUT2D eigenvalue weighted by molar-refractivity contribution is -0.164. The van der Waals surface area contributed by atoms with Crippen molar-refractivity contribution in [2.75, 3.05) is 5.32 Å². The van der Waals surface area contributed by atoms with Gasteiger partial charge in [0.2, 0.25) is 5.91 Å². The van der Waals surface area contributed by atoms with Crippen LogP contribution in [0.4, 0.5) is 18.9 Å². The first-order valence-corrected chi connectivity index (χ1v) is 8.52. The Bertz CT molecular complexity index is 941. The van der Waals surface area contributed by atoms with Gasteiger partial charge < -0.3 is 5.32 Å². The lowest BCUT2D eigenvalue weighted by Gasteiger charge is -2.29. The van der Waals surface area contributed by atoms with Crippen LogP contribution in [-0.4, -0.2) is 17.1 Å². The average molecular weight is 372 g/mol. The molecule has 0 fully saturated rings. The third kappa shape index (κ3) is 4.84. The summed E-state index contributed by atoms with van der Waals surface area (Å²) in [6, 6.07) is 17.7. The molecular formula is C21H19F3N2O. The minimum atomic E-state index is -4.46. The number of alkyl halides is 3. The summed E-state index contributed by atoms with van der Waals surface area (Å²) in [4.78, 5) is 17.1. The molecule has 140 valence electrons. The van der Waals surface area contributed by atoms with Gasteiger partial charge in [-0.05, 0) is 24.1 Å². The monoisotopic (exact) mass is 372 g/mol. The molecular weight excluding hydrogens is 353 g/mol. The standard InChI is InChI=1S/C21H19F3N2O/c1-20(14-21(22,23)24,12-15-7-3-2-4-8-15)19(27)26-17-11-16-9-5-6-10-18(16)25-13-17/h2-11,13H,12,14H2,1H3,(H,26,27). The van der Waals surface area contributed by atoms with E-state index in [0.717, 1.165) is 10.9 Å². The van der Waals surface area contributed by atoms with Crippen LogP contribution >= 0.6 is 0 Å². The van der Waals surface area contributed by atoms with Gasteiger partial charge in [-0.2, -0.15) is 13.2 Å². The number of carbonyl (C=O) groups is 1. The van der Waals surface area contributed by atoms with E-state index in [2.05, 4.69) is 10.3 Å². The quantitative estimate of drug-likeness (QED) is 0.654. The first-order valence-electron chi connectivity index (χ1n) is 8.52. The number of hydrogen-bond acceptors (Lipinski definition) is 2. The van der Waals surface area contributed by atoms with E-state index in [0.29, 0.717) is 11.3 Å².